The molecule has 0 aliphatic rings. The van der Waals surface area contributed by atoms with Gasteiger partial charge in [0.25, 0.3) is 5.69 Å². The van der Waals surface area contributed by atoms with Gasteiger partial charge in [0.05, 0.1) is 12.0 Å². The van der Waals surface area contributed by atoms with Crippen LogP contribution in [0.15, 0.2) is 71.2 Å². The molecule has 0 bridgehead atoms. The Balaban J connectivity index is 1.62. The van der Waals surface area contributed by atoms with Gasteiger partial charge in [-0.2, -0.15) is 0 Å². The summed E-state index contributed by atoms with van der Waals surface area (Å²) in [6.45, 7) is -0.209. The first-order valence-electron chi connectivity index (χ1n) is 8.83. The highest BCUT2D eigenvalue weighted by Crippen LogP contribution is 2.25. The van der Waals surface area contributed by atoms with Crippen molar-refractivity contribution in [1.29, 1.82) is 0 Å². The molecule has 2 aromatic carbocycles. The number of hydrogen-bond acceptors (Lipinski definition) is 7. The van der Waals surface area contributed by atoms with E-state index in [-0.39, 0.29) is 18.1 Å². The van der Waals surface area contributed by atoms with Gasteiger partial charge in [-0.05, 0) is 60.7 Å². The summed E-state index contributed by atoms with van der Waals surface area (Å²) in [7, 11) is 1.27. The quantitative estimate of drug-likeness (QED) is 0.180. The lowest BCUT2D eigenvalue weighted by atomic mass is 10.1. The Kier molecular flexibility index (Phi) is 6.39. The lowest BCUT2D eigenvalue weighted by Gasteiger charge is -2.04. The van der Waals surface area contributed by atoms with Crippen molar-refractivity contribution in [1.82, 2.24) is 0 Å². The van der Waals surface area contributed by atoms with Gasteiger partial charge in [0.15, 0.2) is 12.4 Å². The third-order valence-electron chi connectivity index (χ3n) is 4.11. The molecule has 0 saturated carbocycles. The molecule has 8 heteroatoms. The Bertz CT molecular complexity index is 1080. The number of non-ortho nitro benzene ring substituents is 1. The van der Waals surface area contributed by atoms with E-state index in [0.29, 0.717) is 28.4 Å². The molecule has 0 spiro atoms. The van der Waals surface area contributed by atoms with Crippen molar-refractivity contribution >= 4 is 23.5 Å². The third kappa shape index (κ3) is 5.20. The van der Waals surface area contributed by atoms with Gasteiger partial charge in [0, 0.05) is 23.3 Å². The highest BCUT2D eigenvalue weighted by molar-refractivity contribution is 6.06. The molecule has 0 aliphatic carbocycles. The van der Waals surface area contributed by atoms with Crippen LogP contribution < -0.4 is 4.74 Å². The summed E-state index contributed by atoms with van der Waals surface area (Å²) in [5, 5.41) is 10.7. The molecule has 8 nitrogen and oxygen atoms in total. The van der Waals surface area contributed by atoms with Gasteiger partial charge in [-0.15, -0.1) is 0 Å². The molecular weight excluding hydrogens is 390 g/mol. The van der Waals surface area contributed by atoms with Gasteiger partial charge in [-0.1, -0.05) is 0 Å². The molecule has 0 aliphatic heterocycles. The lowest BCUT2D eigenvalue weighted by molar-refractivity contribution is -0.384. The number of rotatable bonds is 8. The van der Waals surface area contributed by atoms with Crippen LogP contribution in [0, 0.1) is 10.1 Å². The monoisotopic (exact) mass is 407 g/mol. The van der Waals surface area contributed by atoms with Gasteiger partial charge in [0.2, 0.25) is 0 Å². The van der Waals surface area contributed by atoms with E-state index in [9.17, 15) is 19.7 Å². The van der Waals surface area contributed by atoms with Crippen LogP contribution in [0.25, 0.3) is 17.4 Å². The van der Waals surface area contributed by atoms with Crippen LogP contribution in [-0.2, 0) is 9.53 Å². The number of allylic oxidation sites excluding steroid dienone is 1. The van der Waals surface area contributed by atoms with E-state index in [1.54, 1.807) is 54.6 Å². The van der Waals surface area contributed by atoms with Crippen molar-refractivity contribution in [2.45, 2.75) is 0 Å². The minimum atomic E-state index is -0.496. The molecule has 152 valence electrons. The zero-order valence-electron chi connectivity index (χ0n) is 15.9. The minimum Gasteiger partial charge on any atom is -0.482 e. The molecule has 0 fully saturated rings. The summed E-state index contributed by atoms with van der Waals surface area (Å²) in [5.41, 5.74) is 1.13. The van der Waals surface area contributed by atoms with E-state index in [1.165, 1.54) is 25.3 Å². The number of nitro benzene ring substituents is 1. The summed E-state index contributed by atoms with van der Waals surface area (Å²) in [5.74, 6) is 0.714. The zero-order valence-corrected chi connectivity index (χ0v) is 15.9. The summed E-state index contributed by atoms with van der Waals surface area (Å²) in [6, 6.07) is 15.8. The van der Waals surface area contributed by atoms with E-state index in [4.69, 9.17) is 9.15 Å². The fraction of sp³-hybridized carbons (Fsp3) is 0.0909. The lowest BCUT2D eigenvalue weighted by Crippen LogP contribution is -2.12. The number of esters is 1. The van der Waals surface area contributed by atoms with Crippen molar-refractivity contribution in [2.75, 3.05) is 13.7 Å². The summed E-state index contributed by atoms with van der Waals surface area (Å²) < 4.78 is 15.4. The number of nitrogens with zero attached hydrogens (tertiary/aromatic N) is 1. The van der Waals surface area contributed by atoms with Crippen molar-refractivity contribution in [3.63, 3.8) is 0 Å². The maximum atomic E-state index is 12.3. The fourth-order valence-corrected chi connectivity index (χ4v) is 2.52. The zero-order chi connectivity index (χ0) is 21.5. The molecule has 0 unspecified atom stereocenters. The first-order chi connectivity index (χ1) is 14.5. The maximum absolute atomic E-state index is 12.3. The third-order valence-corrected chi connectivity index (χ3v) is 4.11. The average molecular weight is 407 g/mol. The second-order valence-corrected chi connectivity index (χ2v) is 6.09. The predicted octanol–water partition coefficient (Wildman–Crippen LogP) is 4.30. The van der Waals surface area contributed by atoms with Crippen molar-refractivity contribution < 1.29 is 28.4 Å². The number of nitro groups is 1. The molecule has 0 radical (unpaired) electrons. The summed E-state index contributed by atoms with van der Waals surface area (Å²) in [4.78, 5) is 33.6. The predicted molar refractivity (Wildman–Crippen MR) is 108 cm³/mol. The van der Waals surface area contributed by atoms with Gasteiger partial charge in [-0.3, -0.25) is 14.9 Å². The number of hydrogen-bond donors (Lipinski definition) is 0. The highest BCUT2D eigenvalue weighted by Gasteiger charge is 2.09. The first kappa shape index (κ1) is 20.5. The fourth-order valence-electron chi connectivity index (χ4n) is 2.52. The first-order valence-corrected chi connectivity index (χ1v) is 8.83. The van der Waals surface area contributed by atoms with Gasteiger partial charge < -0.3 is 13.9 Å². The molecule has 1 heterocycles. The molecule has 3 rings (SSSR count). The molecule has 0 amide bonds. The number of furan rings is 1. The second kappa shape index (κ2) is 9.33. The molecular formula is C22H17NO7. The van der Waals surface area contributed by atoms with E-state index < -0.39 is 10.9 Å². The molecule has 1 aromatic heterocycles. The van der Waals surface area contributed by atoms with E-state index in [0.717, 1.165) is 0 Å². The van der Waals surface area contributed by atoms with Gasteiger partial charge in [0.1, 0.15) is 17.3 Å². The number of ketones is 1. The van der Waals surface area contributed by atoms with E-state index in [1.807, 2.05) is 0 Å². The average Bonchev–Trinajstić information content (AvgIpc) is 3.25. The minimum absolute atomic E-state index is 0.00210. The van der Waals surface area contributed by atoms with Crippen LogP contribution in [0.5, 0.6) is 5.75 Å². The topological polar surface area (TPSA) is 109 Å². The number of methoxy groups -OCH3 is 1. The van der Waals surface area contributed by atoms with Crippen LogP contribution in [0.3, 0.4) is 0 Å². The van der Waals surface area contributed by atoms with Crippen molar-refractivity contribution in [3.8, 4) is 17.1 Å². The normalized spacial score (nSPS) is 10.7. The van der Waals surface area contributed by atoms with Crippen LogP contribution in [-0.4, -0.2) is 30.4 Å². The summed E-state index contributed by atoms with van der Waals surface area (Å²) >= 11 is 0. The van der Waals surface area contributed by atoms with E-state index in [2.05, 4.69) is 4.74 Å². The number of benzene rings is 2. The standard InChI is InChI=1S/C22H17NO7/c1-28-22(25)14-29-18-8-4-15(5-9-18)20(24)12-10-19-11-13-21(30-19)16-2-6-17(7-3-16)23(26)27/h2-13H,14H2,1H3. The van der Waals surface area contributed by atoms with Crippen LogP contribution >= 0.6 is 0 Å². The molecule has 0 atom stereocenters. The SMILES string of the molecule is COC(=O)COc1ccc(C(=O)C=Cc2ccc(-c3ccc([N+](=O)[O-])cc3)o2)cc1. The van der Waals surface area contributed by atoms with E-state index >= 15 is 0 Å². The Morgan fingerprint density at radius 1 is 1.03 bits per heavy atom. The van der Waals surface area contributed by atoms with Crippen LogP contribution in [0.2, 0.25) is 0 Å². The number of carbonyl (C=O) groups excluding carboxylic acids is 2. The number of ether oxygens (including phenoxy) is 2. The highest BCUT2D eigenvalue weighted by atomic mass is 16.6. The Morgan fingerprint density at radius 3 is 2.37 bits per heavy atom. The van der Waals surface area contributed by atoms with Gasteiger partial charge in [-0.25, -0.2) is 4.79 Å². The Hall–Kier alpha value is -4.20. The van der Waals surface area contributed by atoms with Crippen molar-refractivity contribution in [3.05, 3.63) is 88.2 Å². The molecule has 0 saturated heterocycles. The van der Waals surface area contributed by atoms with Gasteiger partial charge >= 0.3 is 5.97 Å². The molecule has 3 aromatic rings. The Morgan fingerprint density at radius 2 is 1.73 bits per heavy atom. The second-order valence-electron chi connectivity index (χ2n) is 6.09. The molecule has 30 heavy (non-hydrogen) atoms. The molecule has 0 N–H and O–H groups in total. The maximum Gasteiger partial charge on any atom is 0.343 e. The van der Waals surface area contributed by atoms with Crippen LogP contribution in [0.4, 0.5) is 5.69 Å². The van der Waals surface area contributed by atoms with Crippen molar-refractivity contribution in [2.24, 2.45) is 0 Å². The Labute approximate surface area is 171 Å². The summed E-state index contributed by atoms with van der Waals surface area (Å²) in [6.07, 6.45) is 2.92. The van der Waals surface area contributed by atoms with Crippen LogP contribution in [0.1, 0.15) is 16.1 Å². The number of carbonyl (C=O) groups is 2. The smallest absolute Gasteiger partial charge is 0.343 e. The largest absolute Gasteiger partial charge is 0.482 e.